The van der Waals surface area contributed by atoms with Gasteiger partial charge in [0.1, 0.15) is 11.6 Å². The first-order chi connectivity index (χ1) is 40.4. The van der Waals surface area contributed by atoms with Crippen LogP contribution in [0, 0.1) is 16.0 Å². The van der Waals surface area contributed by atoms with Gasteiger partial charge in [0.2, 0.25) is 0 Å². The van der Waals surface area contributed by atoms with Gasteiger partial charge in [-0.25, -0.2) is 4.98 Å². The zero-order chi connectivity index (χ0) is 60.7. The maximum atomic E-state index is 10.3. The molecule has 0 spiro atoms. The van der Waals surface area contributed by atoms with Gasteiger partial charge in [-0.15, -0.1) is 0 Å². The number of fused-ring (bicyclic) bond motifs is 1. The summed E-state index contributed by atoms with van der Waals surface area (Å²) >= 11 is 0. The number of H-pyrrole nitrogens is 1. The molecule has 1 aliphatic carbocycles. The molecular weight excluding hydrogens is 1020 g/mol. The quantitative estimate of drug-likeness (QED) is 0.0937. The van der Waals surface area contributed by atoms with E-state index in [2.05, 4.69) is 135 Å². The predicted molar refractivity (Wildman–Crippen MR) is 352 cm³/mol. The van der Waals surface area contributed by atoms with Crippen molar-refractivity contribution in [2.75, 3.05) is 25.6 Å². The standard InChI is InChI=1S/C9H12N2O2.C9H10N2.C9H12O.C9H12.C8H16.4C7H9N/c1-3-10(2)8-4-6-9(7-5-8)11(12)13;1-2-9-10-7-5-3-4-6-8(7)11-9;1-3-8-4-6-9(10-2)7-5-8;1-8(2)9-6-4-3-5-7-9;1-2-8-6-4-3-5-7-8;1-2-7-3-5-8-6-4-7;1-2-7-4-3-5-8-6-7;2*1-2-7-5-3-4-6-8-7/h4-7H,3H2,1-2H3;3-6H,2H2,1H3,(H,10,11);4-7H,3H2,1-2H3;3-8H,1-2H3;8H,2-7H2,1H3;4*3-6H,2H2,1H3. The Kier molecular flexibility index (Phi) is 39.0. The van der Waals surface area contributed by atoms with E-state index in [0.29, 0.717) is 5.92 Å². The molecule has 0 atom stereocenters. The van der Waals surface area contributed by atoms with Crippen LogP contribution in [-0.2, 0) is 38.5 Å². The Morgan fingerprint density at radius 2 is 1.12 bits per heavy atom. The maximum Gasteiger partial charge on any atom is 0.269 e. The number of hydrogen-bond acceptors (Lipinski definition) is 9. The number of aryl methyl sites for hydroxylation is 6. The molecule has 4 aromatic carbocycles. The average molecular weight is 1120 g/mol. The van der Waals surface area contributed by atoms with Gasteiger partial charge in [-0.3, -0.25) is 30.1 Å². The summed E-state index contributed by atoms with van der Waals surface area (Å²) in [5, 5.41) is 10.3. The zero-order valence-electron chi connectivity index (χ0n) is 52.3. The first-order valence-electron chi connectivity index (χ1n) is 30.0. The molecule has 5 heterocycles. The number of rotatable bonds is 12. The summed E-state index contributed by atoms with van der Waals surface area (Å²) in [6.45, 7) is 22.3. The minimum absolute atomic E-state index is 0.133. The van der Waals surface area contributed by atoms with Crippen LogP contribution in [0.3, 0.4) is 0 Å². The van der Waals surface area contributed by atoms with Crippen LogP contribution in [-0.4, -0.2) is 55.5 Å². The fourth-order valence-corrected chi connectivity index (χ4v) is 7.92. The van der Waals surface area contributed by atoms with Crippen molar-refractivity contribution in [2.24, 2.45) is 5.92 Å². The largest absolute Gasteiger partial charge is 0.497 e. The molecule has 10 rings (SSSR count). The van der Waals surface area contributed by atoms with Crippen molar-refractivity contribution in [3.8, 4) is 5.75 Å². The van der Waals surface area contributed by atoms with E-state index in [9.17, 15) is 10.1 Å². The van der Waals surface area contributed by atoms with Crippen LogP contribution in [0.15, 0.2) is 201 Å². The van der Waals surface area contributed by atoms with Crippen molar-refractivity contribution >= 4 is 22.4 Å². The minimum Gasteiger partial charge on any atom is -0.497 e. The monoisotopic (exact) mass is 1120 g/mol. The van der Waals surface area contributed by atoms with Crippen molar-refractivity contribution in [2.45, 2.75) is 152 Å². The predicted octanol–water partition coefficient (Wildman–Crippen LogP) is 18.8. The number of imidazole rings is 1. The molecule has 5 aromatic heterocycles. The van der Waals surface area contributed by atoms with Crippen molar-refractivity contribution in [3.63, 3.8) is 0 Å². The lowest BCUT2D eigenvalue weighted by Gasteiger charge is -2.18. The van der Waals surface area contributed by atoms with Gasteiger partial charge < -0.3 is 14.6 Å². The molecule has 1 aliphatic rings. The van der Waals surface area contributed by atoms with Gasteiger partial charge in [-0.1, -0.05) is 174 Å². The number of nitro benzene ring substituents is 1. The van der Waals surface area contributed by atoms with Crippen LogP contribution in [0.25, 0.3) is 11.0 Å². The fourth-order valence-electron chi connectivity index (χ4n) is 7.92. The molecule has 0 amide bonds. The Hall–Kier alpha value is -8.05. The number of benzene rings is 4. The van der Waals surface area contributed by atoms with Crippen LogP contribution in [0.1, 0.15) is 153 Å². The van der Waals surface area contributed by atoms with E-state index >= 15 is 0 Å². The molecule has 83 heavy (non-hydrogen) atoms. The van der Waals surface area contributed by atoms with Gasteiger partial charge >= 0.3 is 0 Å². The summed E-state index contributed by atoms with van der Waals surface area (Å²) in [6, 6.07) is 53.3. The van der Waals surface area contributed by atoms with Gasteiger partial charge in [0.05, 0.1) is 23.1 Å². The Morgan fingerprint density at radius 3 is 1.51 bits per heavy atom. The van der Waals surface area contributed by atoms with Gasteiger partial charge in [0.15, 0.2) is 0 Å². The number of ether oxygens (including phenoxy) is 1. The molecule has 1 saturated carbocycles. The second-order valence-corrected chi connectivity index (χ2v) is 19.8. The molecule has 1 fully saturated rings. The number of nitro groups is 1. The van der Waals surface area contributed by atoms with Crippen molar-refractivity contribution < 1.29 is 9.66 Å². The van der Waals surface area contributed by atoms with Gasteiger partial charge in [0.25, 0.3) is 5.69 Å². The lowest BCUT2D eigenvalue weighted by molar-refractivity contribution is -0.384. The zero-order valence-corrected chi connectivity index (χ0v) is 52.3. The number of pyridine rings is 4. The summed E-state index contributed by atoms with van der Waals surface area (Å²) in [5.41, 5.74) is 11.0. The van der Waals surface area contributed by atoms with Gasteiger partial charge in [-0.2, -0.15) is 0 Å². The van der Waals surface area contributed by atoms with E-state index in [1.807, 2.05) is 147 Å². The van der Waals surface area contributed by atoms with E-state index in [0.717, 1.165) is 90.7 Å². The number of non-ortho nitro benzene ring substituents is 1. The summed E-state index contributed by atoms with van der Waals surface area (Å²) in [6.07, 6.45) is 26.2. The highest BCUT2D eigenvalue weighted by atomic mass is 16.6. The highest BCUT2D eigenvalue weighted by molar-refractivity contribution is 5.74. The van der Waals surface area contributed by atoms with E-state index in [1.165, 1.54) is 72.9 Å². The number of aromatic nitrogens is 6. The number of hydrogen-bond donors (Lipinski definition) is 1. The molecule has 11 heteroatoms. The normalized spacial score (nSPS) is 11.0. The molecule has 444 valence electrons. The number of aromatic amines is 1. The summed E-state index contributed by atoms with van der Waals surface area (Å²) in [4.78, 5) is 35.6. The molecule has 0 saturated heterocycles. The molecule has 0 radical (unpaired) electrons. The molecule has 0 bridgehead atoms. The van der Waals surface area contributed by atoms with E-state index in [-0.39, 0.29) is 5.69 Å². The third-order valence-electron chi connectivity index (χ3n) is 13.6. The maximum absolute atomic E-state index is 10.3. The minimum atomic E-state index is -0.393. The average Bonchev–Trinajstić information content (AvgIpc) is 4.03. The third-order valence-corrected chi connectivity index (χ3v) is 13.6. The lowest BCUT2D eigenvalue weighted by atomic mass is 9.88. The van der Waals surface area contributed by atoms with Gasteiger partial charge in [-0.05, 0) is 152 Å². The topological polar surface area (TPSA) is 136 Å². The Labute approximate surface area is 499 Å². The Balaban J connectivity index is 0.000000320. The number of nitrogens with one attached hydrogen (secondary N) is 1. The van der Waals surface area contributed by atoms with Crippen molar-refractivity contribution in [3.05, 3.63) is 251 Å². The molecule has 1 N–H and O–H groups in total. The highest BCUT2D eigenvalue weighted by Gasteiger charge is 2.10. The number of methoxy groups -OCH3 is 1. The molecule has 9 aromatic rings. The van der Waals surface area contributed by atoms with E-state index in [4.69, 9.17) is 4.74 Å². The lowest BCUT2D eigenvalue weighted by Crippen LogP contribution is -2.15. The molecule has 0 unspecified atom stereocenters. The second-order valence-electron chi connectivity index (χ2n) is 19.8. The van der Waals surface area contributed by atoms with Crippen LogP contribution in [0.2, 0.25) is 0 Å². The third kappa shape index (κ3) is 32.3. The van der Waals surface area contributed by atoms with Crippen LogP contribution in [0.4, 0.5) is 11.4 Å². The summed E-state index contributed by atoms with van der Waals surface area (Å²) < 4.78 is 5.01. The fraction of sp³-hybridized carbons (Fsp3) is 0.375. The number of anilines is 1. The first-order valence-corrected chi connectivity index (χ1v) is 30.0. The van der Waals surface area contributed by atoms with Crippen molar-refractivity contribution in [1.82, 2.24) is 29.9 Å². The van der Waals surface area contributed by atoms with Crippen LogP contribution < -0.4 is 9.64 Å². The van der Waals surface area contributed by atoms with Crippen LogP contribution >= 0.6 is 0 Å². The van der Waals surface area contributed by atoms with Gasteiger partial charge in [0, 0.05) is 86.4 Å². The SMILES string of the molecule is CC(C)c1ccccc1.CCC1CCCCC1.CCN(C)c1ccc([N+](=O)[O-])cc1.CCc1ccc(OC)cc1.CCc1ccccn1.CCc1ccccn1.CCc1cccnc1.CCc1ccncc1.CCc1nc2ccccc2[nH]1. The number of para-hydroxylation sites is 2. The smallest absolute Gasteiger partial charge is 0.269 e. The first kappa shape index (κ1) is 71.1. The summed E-state index contributed by atoms with van der Waals surface area (Å²) in [5.74, 6) is 3.73. The van der Waals surface area contributed by atoms with Crippen molar-refractivity contribution in [1.29, 1.82) is 0 Å². The molecular formula is C72H98N8O3. The molecule has 11 nitrogen and oxygen atoms in total. The highest BCUT2D eigenvalue weighted by Crippen LogP contribution is 2.25. The number of nitrogens with zero attached hydrogens (tertiary/aromatic N) is 7. The summed E-state index contributed by atoms with van der Waals surface area (Å²) in [7, 11) is 3.63. The van der Waals surface area contributed by atoms with Crippen LogP contribution in [0.5, 0.6) is 5.75 Å². The second kappa shape index (κ2) is 45.6. The molecule has 0 aliphatic heterocycles. The Bertz CT molecular complexity index is 2690. The van der Waals surface area contributed by atoms with E-state index < -0.39 is 4.92 Å². The Morgan fingerprint density at radius 1 is 0.566 bits per heavy atom. The van der Waals surface area contributed by atoms with E-state index in [1.54, 1.807) is 25.4 Å².